The van der Waals surface area contributed by atoms with E-state index in [2.05, 4.69) is 26.1 Å². The first-order valence-electron chi connectivity index (χ1n) is 6.69. The highest BCUT2D eigenvalue weighted by atomic mass is 35.5. The molecule has 1 N–H and O–H groups in total. The third-order valence-electron chi connectivity index (χ3n) is 3.79. The molecule has 0 aliphatic carbocycles. The molecule has 2 nitrogen and oxygen atoms in total. The molecular weight excluding hydrogens is 281 g/mol. The molecule has 0 aromatic heterocycles. The van der Waals surface area contributed by atoms with Crippen LogP contribution in [0.15, 0.2) is 18.2 Å². The van der Waals surface area contributed by atoms with Gasteiger partial charge in [-0.3, -0.25) is 0 Å². The molecular formula is C15H23Cl2NO. The largest absolute Gasteiger partial charge is 0.377 e. The Labute approximate surface area is 126 Å². The van der Waals surface area contributed by atoms with E-state index >= 15 is 0 Å². The molecule has 1 rings (SSSR count). The topological polar surface area (TPSA) is 21.3 Å². The molecule has 0 saturated heterocycles. The average Bonchev–Trinajstić information content (AvgIpc) is 2.41. The van der Waals surface area contributed by atoms with Gasteiger partial charge in [-0.2, -0.15) is 0 Å². The van der Waals surface area contributed by atoms with E-state index in [4.69, 9.17) is 27.9 Å². The molecule has 0 heterocycles. The van der Waals surface area contributed by atoms with Gasteiger partial charge in [-0.05, 0) is 50.1 Å². The van der Waals surface area contributed by atoms with Gasteiger partial charge in [-0.1, -0.05) is 37.0 Å². The van der Waals surface area contributed by atoms with Crippen LogP contribution in [0.3, 0.4) is 0 Å². The van der Waals surface area contributed by atoms with Crippen LogP contribution in [0.5, 0.6) is 0 Å². The van der Waals surface area contributed by atoms with Gasteiger partial charge in [-0.25, -0.2) is 0 Å². The number of nitrogens with one attached hydrogen (secondary N) is 1. The fourth-order valence-electron chi connectivity index (χ4n) is 2.20. The Morgan fingerprint density at radius 3 is 2.53 bits per heavy atom. The lowest BCUT2D eigenvalue weighted by Gasteiger charge is -2.36. The van der Waals surface area contributed by atoms with E-state index < -0.39 is 0 Å². The number of hydrogen-bond acceptors (Lipinski definition) is 2. The van der Waals surface area contributed by atoms with Crippen LogP contribution in [-0.2, 0) is 11.2 Å². The molecule has 1 aromatic rings. The summed E-state index contributed by atoms with van der Waals surface area (Å²) in [6, 6.07) is 5.78. The number of benzene rings is 1. The lowest BCUT2D eigenvalue weighted by atomic mass is 9.88. The fourth-order valence-corrected chi connectivity index (χ4v) is 2.59. The van der Waals surface area contributed by atoms with E-state index in [0.29, 0.717) is 5.02 Å². The number of likely N-dealkylation sites (N-methyl/N-ethyl adjacent to an activating group) is 1. The number of ether oxygens (including phenoxy) is 1. The molecule has 0 spiro atoms. The van der Waals surface area contributed by atoms with E-state index in [1.165, 1.54) is 0 Å². The maximum absolute atomic E-state index is 6.25. The van der Waals surface area contributed by atoms with Crippen molar-refractivity contribution in [3.8, 4) is 0 Å². The van der Waals surface area contributed by atoms with Crippen LogP contribution in [0.2, 0.25) is 10.0 Å². The Balaban J connectivity index is 2.98. The molecule has 0 amide bonds. The minimum Gasteiger partial charge on any atom is -0.377 e. The second-order valence-corrected chi connectivity index (χ2v) is 5.76. The van der Waals surface area contributed by atoms with Crippen molar-refractivity contribution in [2.24, 2.45) is 0 Å². The standard InChI is InChI=1S/C15H23Cl2NO/c1-5-15(3,19-4)14(18-6-2)10-11-9-12(16)7-8-13(11)17/h7-9,14,18H,5-6,10H2,1-4H3. The predicted octanol–water partition coefficient (Wildman–Crippen LogP) is 4.33. The summed E-state index contributed by atoms with van der Waals surface area (Å²) < 4.78 is 5.71. The minimum atomic E-state index is -0.221. The summed E-state index contributed by atoms with van der Waals surface area (Å²) in [5, 5.41) is 4.96. The molecule has 0 aliphatic rings. The highest BCUT2D eigenvalue weighted by Gasteiger charge is 2.32. The molecule has 108 valence electrons. The second kappa shape index (κ2) is 7.49. The van der Waals surface area contributed by atoms with Crippen molar-refractivity contribution in [1.29, 1.82) is 0 Å². The molecule has 0 bridgehead atoms. The number of halogens is 2. The van der Waals surface area contributed by atoms with Crippen molar-refractivity contribution < 1.29 is 4.74 Å². The Morgan fingerprint density at radius 2 is 2.00 bits per heavy atom. The quantitative estimate of drug-likeness (QED) is 0.809. The number of rotatable bonds is 7. The van der Waals surface area contributed by atoms with Crippen molar-refractivity contribution >= 4 is 23.2 Å². The summed E-state index contributed by atoms with van der Waals surface area (Å²) in [4.78, 5) is 0. The van der Waals surface area contributed by atoms with Crippen LogP contribution in [0, 0.1) is 0 Å². The third kappa shape index (κ3) is 4.35. The van der Waals surface area contributed by atoms with Crippen molar-refractivity contribution in [1.82, 2.24) is 5.32 Å². The molecule has 2 unspecified atom stereocenters. The van der Waals surface area contributed by atoms with Gasteiger partial charge in [0.1, 0.15) is 0 Å². The van der Waals surface area contributed by atoms with Crippen LogP contribution in [-0.4, -0.2) is 25.3 Å². The first-order valence-corrected chi connectivity index (χ1v) is 7.44. The van der Waals surface area contributed by atoms with Crippen LogP contribution in [0.4, 0.5) is 0 Å². The lowest BCUT2D eigenvalue weighted by molar-refractivity contribution is -0.0283. The Bertz CT molecular complexity index is 405. The highest BCUT2D eigenvalue weighted by Crippen LogP contribution is 2.27. The first kappa shape index (κ1) is 16.8. The number of methoxy groups -OCH3 is 1. The molecule has 4 heteroatoms. The van der Waals surface area contributed by atoms with Gasteiger partial charge < -0.3 is 10.1 Å². The predicted molar refractivity (Wildman–Crippen MR) is 83.3 cm³/mol. The zero-order valence-electron chi connectivity index (χ0n) is 12.1. The van der Waals surface area contributed by atoms with E-state index in [1.807, 2.05) is 18.2 Å². The van der Waals surface area contributed by atoms with Gasteiger partial charge in [0.05, 0.1) is 5.60 Å². The van der Waals surface area contributed by atoms with Gasteiger partial charge in [0, 0.05) is 23.2 Å². The maximum Gasteiger partial charge on any atom is 0.0803 e. The maximum atomic E-state index is 6.25. The molecule has 19 heavy (non-hydrogen) atoms. The van der Waals surface area contributed by atoms with Crippen molar-refractivity contribution in [3.63, 3.8) is 0 Å². The van der Waals surface area contributed by atoms with E-state index in [1.54, 1.807) is 7.11 Å². The minimum absolute atomic E-state index is 0.198. The van der Waals surface area contributed by atoms with E-state index in [-0.39, 0.29) is 11.6 Å². The Kier molecular flexibility index (Phi) is 6.61. The molecule has 0 fully saturated rings. The zero-order valence-corrected chi connectivity index (χ0v) is 13.6. The summed E-state index contributed by atoms with van der Waals surface area (Å²) >= 11 is 12.3. The van der Waals surface area contributed by atoms with Crippen LogP contribution < -0.4 is 5.32 Å². The smallest absolute Gasteiger partial charge is 0.0803 e. The molecule has 0 saturated carbocycles. The van der Waals surface area contributed by atoms with Crippen molar-refractivity contribution in [2.75, 3.05) is 13.7 Å². The fraction of sp³-hybridized carbons (Fsp3) is 0.600. The molecule has 2 atom stereocenters. The monoisotopic (exact) mass is 303 g/mol. The molecule has 1 aromatic carbocycles. The normalized spacial score (nSPS) is 16.1. The molecule has 0 aliphatic heterocycles. The van der Waals surface area contributed by atoms with Crippen LogP contribution >= 0.6 is 23.2 Å². The van der Waals surface area contributed by atoms with Gasteiger partial charge in [0.2, 0.25) is 0 Å². The molecule has 0 radical (unpaired) electrons. The van der Waals surface area contributed by atoms with Crippen LogP contribution in [0.25, 0.3) is 0 Å². The van der Waals surface area contributed by atoms with Crippen molar-refractivity contribution in [3.05, 3.63) is 33.8 Å². The van der Waals surface area contributed by atoms with Crippen LogP contribution in [0.1, 0.15) is 32.8 Å². The summed E-state index contributed by atoms with van der Waals surface area (Å²) in [5.41, 5.74) is 0.832. The second-order valence-electron chi connectivity index (χ2n) is 4.92. The number of hydrogen-bond donors (Lipinski definition) is 1. The summed E-state index contributed by atoms with van der Waals surface area (Å²) in [5.74, 6) is 0. The Morgan fingerprint density at radius 1 is 1.32 bits per heavy atom. The first-order chi connectivity index (χ1) is 8.96. The van der Waals surface area contributed by atoms with Gasteiger partial charge >= 0.3 is 0 Å². The van der Waals surface area contributed by atoms with Crippen molar-refractivity contribution in [2.45, 2.75) is 45.3 Å². The Hall–Kier alpha value is -0.280. The van der Waals surface area contributed by atoms with E-state index in [0.717, 1.165) is 30.0 Å². The average molecular weight is 304 g/mol. The highest BCUT2D eigenvalue weighted by molar-refractivity contribution is 6.33. The zero-order chi connectivity index (χ0) is 14.5. The van der Waals surface area contributed by atoms with Gasteiger partial charge in [0.15, 0.2) is 0 Å². The lowest BCUT2D eigenvalue weighted by Crippen LogP contribution is -2.51. The summed E-state index contributed by atoms with van der Waals surface area (Å²) in [6.07, 6.45) is 1.73. The summed E-state index contributed by atoms with van der Waals surface area (Å²) in [7, 11) is 1.76. The van der Waals surface area contributed by atoms with Gasteiger partial charge in [0.25, 0.3) is 0 Å². The summed E-state index contributed by atoms with van der Waals surface area (Å²) in [6.45, 7) is 7.24. The van der Waals surface area contributed by atoms with Gasteiger partial charge in [-0.15, -0.1) is 0 Å². The third-order valence-corrected chi connectivity index (χ3v) is 4.39. The van der Waals surface area contributed by atoms with E-state index in [9.17, 15) is 0 Å². The SMILES string of the molecule is CCNC(Cc1cc(Cl)ccc1Cl)C(C)(CC)OC.